The zero-order chi connectivity index (χ0) is 34.2. The molecule has 0 saturated heterocycles. The number of ether oxygens (including phenoxy) is 1. The molecule has 3 rings (SSSR count). The van der Waals surface area contributed by atoms with Gasteiger partial charge in [0.25, 0.3) is 5.91 Å². The predicted molar refractivity (Wildman–Crippen MR) is 160 cm³/mol. The normalized spacial score (nSPS) is 17.3. The number of ketones is 1. The average Bonchev–Trinajstić information content (AvgIpc) is 2.95. The van der Waals surface area contributed by atoms with Crippen molar-refractivity contribution in [2.45, 2.75) is 58.3 Å². The highest BCUT2D eigenvalue weighted by Crippen LogP contribution is 2.32. The highest BCUT2D eigenvalue weighted by atomic mass is 35.5. The predicted octanol–water partition coefficient (Wildman–Crippen LogP) is 5.76. The molecule has 0 radical (unpaired) electrons. The first kappa shape index (κ1) is 36.1. The number of benzene rings is 2. The van der Waals surface area contributed by atoms with Crippen molar-refractivity contribution < 1.29 is 45.9 Å². The number of carbonyl (C=O) groups excluding carboxylic acids is 4. The van der Waals surface area contributed by atoms with Crippen molar-refractivity contribution in [1.82, 2.24) is 4.90 Å². The van der Waals surface area contributed by atoms with E-state index in [-0.39, 0.29) is 54.1 Å². The fourth-order valence-electron chi connectivity index (χ4n) is 5.08. The molecule has 0 aliphatic heterocycles. The summed E-state index contributed by atoms with van der Waals surface area (Å²) in [7, 11) is 0. The zero-order valence-electron chi connectivity index (χ0n) is 24.9. The largest absolute Gasteiger partial charge is 0.466 e. The molecule has 2 amide bonds. The van der Waals surface area contributed by atoms with E-state index in [1.54, 1.807) is 6.92 Å². The molecule has 1 saturated carbocycles. The number of nitrogens with two attached hydrogens (primary N) is 1. The summed E-state index contributed by atoms with van der Waals surface area (Å²) in [6.45, 7) is 1.32. The first-order valence-electron chi connectivity index (χ1n) is 14.2. The Morgan fingerprint density at radius 3 is 2.26 bits per heavy atom. The van der Waals surface area contributed by atoms with Crippen molar-refractivity contribution in [2.75, 3.05) is 18.5 Å². The van der Waals surface area contributed by atoms with Crippen LogP contribution in [0.15, 0.2) is 53.2 Å². The maximum absolute atomic E-state index is 14.4. The molecule has 0 unspecified atom stereocenters. The van der Waals surface area contributed by atoms with Crippen LogP contribution in [0, 0.1) is 17.6 Å². The summed E-state index contributed by atoms with van der Waals surface area (Å²) in [5.41, 5.74) is 2.40. The highest BCUT2D eigenvalue weighted by Gasteiger charge is 2.43. The summed E-state index contributed by atoms with van der Waals surface area (Å²) in [5, 5.41) is 2.29. The van der Waals surface area contributed by atoms with Gasteiger partial charge in [-0.05, 0) is 62.4 Å². The van der Waals surface area contributed by atoms with Crippen LogP contribution in [0.25, 0.3) is 0 Å². The third-order valence-electron chi connectivity index (χ3n) is 7.07. The molecule has 9 nitrogen and oxygen atoms in total. The van der Waals surface area contributed by atoms with Gasteiger partial charge in [-0.1, -0.05) is 17.7 Å². The lowest BCUT2D eigenvalue weighted by molar-refractivity contribution is -0.149. The van der Waals surface area contributed by atoms with Crippen molar-refractivity contribution in [1.29, 1.82) is 0 Å². The topological polar surface area (TPSA) is 131 Å². The Balaban J connectivity index is 2.01. The number of nitrogens with zero attached hydrogens (tertiary/aromatic N) is 2. The summed E-state index contributed by atoms with van der Waals surface area (Å²) in [6, 6.07) is 5.44. The van der Waals surface area contributed by atoms with Crippen molar-refractivity contribution in [3.05, 3.63) is 76.0 Å². The van der Waals surface area contributed by atoms with E-state index in [0.717, 1.165) is 12.1 Å². The fraction of sp³-hybridized carbons (Fsp3) is 0.387. The number of aliphatic imine (C=N–C) groups is 1. The SMILES string of the molecule is CCOC(=O)C1CCC(N=C(C(=CN)C(=O)N(CC(=O)c2c(Cl)cccc2NC(C)=O)Cc2cc(F)cc(F)c2)C(F)(F)F)CC1. The van der Waals surface area contributed by atoms with E-state index in [1.165, 1.54) is 25.1 Å². The molecule has 2 aromatic rings. The molecule has 1 aliphatic rings. The minimum absolute atomic E-state index is 0.0280. The Bertz CT molecular complexity index is 1520. The Kier molecular flexibility index (Phi) is 12.4. The van der Waals surface area contributed by atoms with Crippen molar-refractivity contribution in [2.24, 2.45) is 16.6 Å². The van der Waals surface area contributed by atoms with Gasteiger partial charge in [-0.15, -0.1) is 0 Å². The molecule has 0 heterocycles. The molecule has 3 N–H and O–H groups in total. The molecule has 0 aromatic heterocycles. The van der Waals surface area contributed by atoms with Gasteiger partial charge in [0.15, 0.2) is 11.5 Å². The lowest BCUT2D eigenvalue weighted by atomic mass is 9.86. The Labute approximate surface area is 266 Å². The first-order chi connectivity index (χ1) is 21.6. The van der Waals surface area contributed by atoms with E-state index >= 15 is 0 Å². The maximum Gasteiger partial charge on any atom is 0.433 e. The van der Waals surface area contributed by atoms with Gasteiger partial charge < -0.3 is 20.7 Å². The number of amides is 2. The molecular weight excluding hydrogens is 639 g/mol. The van der Waals surface area contributed by atoms with Crippen LogP contribution in [0.5, 0.6) is 0 Å². The van der Waals surface area contributed by atoms with Crippen LogP contribution in [0.3, 0.4) is 0 Å². The molecule has 2 aromatic carbocycles. The first-order valence-corrected chi connectivity index (χ1v) is 14.6. The Morgan fingerprint density at radius 2 is 1.72 bits per heavy atom. The van der Waals surface area contributed by atoms with Gasteiger partial charge in [-0.25, -0.2) is 8.78 Å². The monoisotopic (exact) mass is 670 g/mol. The number of Topliss-reactive ketones (excluding diaryl/α,β-unsaturated/α-hetero) is 1. The second kappa shape index (κ2) is 15.8. The Morgan fingerprint density at radius 1 is 1.09 bits per heavy atom. The quantitative estimate of drug-likeness (QED) is 0.103. The number of hydrogen-bond acceptors (Lipinski definition) is 7. The third-order valence-corrected chi connectivity index (χ3v) is 7.38. The number of nitrogens with one attached hydrogen (secondary N) is 1. The average molecular weight is 671 g/mol. The van der Waals surface area contributed by atoms with Crippen LogP contribution in [0.4, 0.5) is 27.6 Å². The van der Waals surface area contributed by atoms with Gasteiger partial charge in [0.2, 0.25) is 5.91 Å². The number of alkyl halides is 3. The number of rotatable bonds is 11. The van der Waals surface area contributed by atoms with Gasteiger partial charge in [-0.2, -0.15) is 13.2 Å². The van der Waals surface area contributed by atoms with Gasteiger partial charge in [0.1, 0.15) is 11.6 Å². The van der Waals surface area contributed by atoms with Gasteiger partial charge in [0.05, 0.1) is 47.0 Å². The minimum atomic E-state index is -5.18. The number of esters is 1. The van der Waals surface area contributed by atoms with E-state index in [1.807, 2.05) is 0 Å². The van der Waals surface area contributed by atoms with Crippen LogP contribution in [-0.4, -0.2) is 59.5 Å². The smallest absolute Gasteiger partial charge is 0.433 e. The van der Waals surface area contributed by atoms with Gasteiger partial charge in [-0.3, -0.25) is 24.2 Å². The molecule has 15 heteroatoms. The van der Waals surface area contributed by atoms with Crippen LogP contribution < -0.4 is 11.1 Å². The number of halogens is 6. The summed E-state index contributed by atoms with van der Waals surface area (Å²) in [5.74, 6) is -5.88. The van der Waals surface area contributed by atoms with Gasteiger partial charge >= 0.3 is 12.1 Å². The molecular formula is C31H32ClF5N4O5. The summed E-state index contributed by atoms with van der Waals surface area (Å²) in [4.78, 5) is 55.5. The van der Waals surface area contributed by atoms with Crippen LogP contribution in [-0.2, 0) is 25.7 Å². The standard InChI is InChI=1S/C31H32ClF5N4O5/c1-3-46-30(45)19-7-9-22(10-8-19)40-28(31(35,36)37)23(14-38)29(44)41(15-18-11-20(33)13-21(34)12-18)16-26(43)27-24(32)5-4-6-25(27)39-17(2)42/h4-6,11-14,19,22H,3,7-10,15-16,38H2,1-2H3,(H,39,42). The third kappa shape index (κ3) is 9.59. The van der Waals surface area contributed by atoms with Crippen LogP contribution >= 0.6 is 11.6 Å². The van der Waals surface area contributed by atoms with Crippen molar-refractivity contribution in [3.8, 4) is 0 Å². The minimum Gasteiger partial charge on any atom is -0.466 e. The maximum atomic E-state index is 14.4. The second-order valence-electron chi connectivity index (χ2n) is 10.5. The molecule has 0 atom stereocenters. The second-order valence-corrected chi connectivity index (χ2v) is 10.9. The van der Waals surface area contributed by atoms with E-state index < -0.39 is 77.7 Å². The van der Waals surface area contributed by atoms with E-state index in [2.05, 4.69) is 10.3 Å². The molecule has 1 aliphatic carbocycles. The summed E-state index contributed by atoms with van der Waals surface area (Å²) >= 11 is 6.23. The number of carbonyl (C=O) groups is 4. The Hall–Kier alpha value is -4.33. The lowest BCUT2D eigenvalue weighted by Gasteiger charge is -2.28. The summed E-state index contributed by atoms with van der Waals surface area (Å²) < 4.78 is 76.3. The van der Waals surface area contributed by atoms with E-state index in [0.29, 0.717) is 17.2 Å². The summed E-state index contributed by atoms with van der Waals surface area (Å²) in [6.07, 6.45) is -4.15. The molecule has 1 fully saturated rings. The lowest BCUT2D eigenvalue weighted by Crippen LogP contribution is -2.41. The molecule has 0 bridgehead atoms. The van der Waals surface area contributed by atoms with Crippen molar-refractivity contribution in [3.63, 3.8) is 0 Å². The number of hydrogen-bond donors (Lipinski definition) is 2. The molecule has 0 spiro atoms. The fourth-order valence-corrected chi connectivity index (χ4v) is 5.36. The van der Waals surface area contributed by atoms with Gasteiger partial charge in [0, 0.05) is 25.7 Å². The van der Waals surface area contributed by atoms with E-state index in [4.69, 9.17) is 22.1 Å². The van der Waals surface area contributed by atoms with Crippen molar-refractivity contribution >= 4 is 46.6 Å². The molecule has 248 valence electrons. The van der Waals surface area contributed by atoms with E-state index in [9.17, 15) is 41.1 Å². The molecule has 46 heavy (non-hydrogen) atoms. The van der Waals surface area contributed by atoms with Crippen LogP contribution in [0.2, 0.25) is 5.02 Å². The number of anilines is 1. The zero-order valence-corrected chi connectivity index (χ0v) is 25.7. The van der Waals surface area contributed by atoms with Crippen LogP contribution in [0.1, 0.15) is 55.5 Å². The highest BCUT2D eigenvalue weighted by molar-refractivity contribution is 6.35.